The van der Waals surface area contributed by atoms with Gasteiger partial charge in [-0.05, 0) is 41.9 Å². The Morgan fingerprint density at radius 1 is 1.58 bits per heavy atom. The average molecular weight is 228 g/mol. The van der Waals surface area contributed by atoms with E-state index in [4.69, 9.17) is 0 Å². The summed E-state index contributed by atoms with van der Waals surface area (Å²) in [7, 11) is 0. The molecule has 0 spiro atoms. The SMILES string of the molecule is CC(=O)Cc1ccc(Br)c(C)n1. The highest BCUT2D eigenvalue weighted by molar-refractivity contribution is 9.10. The van der Waals surface area contributed by atoms with Crippen molar-refractivity contribution in [1.82, 2.24) is 4.98 Å². The van der Waals surface area contributed by atoms with Crippen LogP contribution in [0.25, 0.3) is 0 Å². The predicted molar refractivity (Wildman–Crippen MR) is 51.1 cm³/mol. The minimum absolute atomic E-state index is 0.143. The highest BCUT2D eigenvalue weighted by Crippen LogP contribution is 2.13. The van der Waals surface area contributed by atoms with Gasteiger partial charge < -0.3 is 0 Å². The number of nitrogens with zero attached hydrogens (tertiary/aromatic N) is 1. The first kappa shape index (κ1) is 9.39. The number of hydrogen-bond acceptors (Lipinski definition) is 2. The zero-order valence-electron chi connectivity index (χ0n) is 7.10. The van der Waals surface area contributed by atoms with Crippen molar-refractivity contribution in [3.63, 3.8) is 0 Å². The topological polar surface area (TPSA) is 30.0 Å². The molecule has 1 aromatic heterocycles. The summed E-state index contributed by atoms with van der Waals surface area (Å²) in [6, 6.07) is 3.78. The lowest BCUT2D eigenvalue weighted by molar-refractivity contribution is -0.116. The van der Waals surface area contributed by atoms with Crippen molar-refractivity contribution in [1.29, 1.82) is 0 Å². The van der Waals surface area contributed by atoms with Gasteiger partial charge in [-0.1, -0.05) is 0 Å². The number of hydrogen-bond donors (Lipinski definition) is 0. The maximum absolute atomic E-state index is 10.8. The zero-order valence-corrected chi connectivity index (χ0v) is 8.68. The number of pyridine rings is 1. The molecular weight excluding hydrogens is 218 g/mol. The second-order valence-corrected chi connectivity index (χ2v) is 3.60. The number of Topliss-reactive ketones (excluding diaryl/α,β-unsaturated/α-hetero) is 1. The Labute approximate surface area is 80.1 Å². The molecule has 0 fully saturated rings. The van der Waals surface area contributed by atoms with Crippen molar-refractivity contribution in [3.05, 3.63) is 28.0 Å². The molecule has 2 nitrogen and oxygen atoms in total. The molecule has 0 aromatic carbocycles. The molecule has 0 aliphatic heterocycles. The van der Waals surface area contributed by atoms with Gasteiger partial charge in [0, 0.05) is 16.6 Å². The molecule has 0 bridgehead atoms. The van der Waals surface area contributed by atoms with Crippen molar-refractivity contribution in [2.75, 3.05) is 0 Å². The van der Waals surface area contributed by atoms with E-state index in [-0.39, 0.29) is 5.78 Å². The monoisotopic (exact) mass is 227 g/mol. The van der Waals surface area contributed by atoms with Crippen LogP contribution in [0, 0.1) is 6.92 Å². The maximum atomic E-state index is 10.8. The Hall–Kier alpha value is -0.700. The van der Waals surface area contributed by atoms with Gasteiger partial charge in [-0.25, -0.2) is 0 Å². The number of carbonyl (C=O) groups excluding carboxylic acids is 1. The van der Waals surface area contributed by atoms with Crippen molar-refractivity contribution >= 4 is 21.7 Å². The van der Waals surface area contributed by atoms with Gasteiger partial charge in [-0.15, -0.1) is 0 Å². The van der Waals surface area contributed by atoms with Gasteiger partial charge in [0.05, 0.1) is 5.69 Å². The molecule has 0 saturated carbocycles. The summed E-state index contributed by atoms with van der Waals surface area (Å²) in [4.78, 5) is 15.0. The van der Waals surface area contributed by atoms with Crippen LogP contribution in [-0.2, 0) is 11.2 Å². The Morgan fingerprint density at radius 2 is 2.25 bits per heavy atom. The second kappa shape index (κ2) is 3.81. The van der Waals surface area contributed by atoms with E-state index in [0.717, 1.165) is 15.9 Å². The van der Waals surface area contributed by atoms with E-state index >= 15 is 0 Å². The summed E-state index contributed by atoms with van der Waals surface area (Å²) >= 11 is 3.35. The summed E-state index contributed by atoms with van der Waals surface area (Å²) in [6.45, 7) is 3.48. The Morgan fingerprint density at radius 3 is 2.75 bits per heavy atom. The zero-order chi connectivity index (χ0) is 9.14. The molecule has 1 heterocycles. The fraction of sp³-hybridized carbons (Fsp3) is 0.333. The molecular formula is C9H10BrNO. The Kier molecular flexibility index (Phi) is 2.98. The highest BCUT2D eigenvalue weighted by Gasteiger charge is 2.01. The van der Waals surface area contributed by atoms with Crippen LogP contribution in [0.15, 0.2) is 16.6 Å². The van der Waals surface area contributed by atoms with Crippen molar-refractivity contribution < 1.29 is 4.79 Å². The summed E-state index contributed by atoms with van der Waals surface area (Å²) in [5.41, 5.74) is 1.76. The van der Waals surface area contributed by atoms with Gasteiger partial charge in [0.25, 0.3) is 0 Å². The van der Waals surface area contributed by atoms with Crippen molar-refractivity contribution in [3.8, 4) is 0 Å². The minimum atomic E-state index is 0.143. The van der Waals surface area contributed by atoms with Gasteiger partial charge in [0.15, 0.2) is 0 Å². The van der Waals surface area contributed by atoms with Gasteiger partial charge >= 0.3 is 0 Å². The normalized spacial score (nSPS) is 9.92. The third-order valence-electron chi connectivity index (χ3n) is 1.51. The lowest BCUT2D eigenvalue weighted by Crippen LogP contribution is -2.00. The minimum Gasteiger partial charge on any atom is -0.300 e. The van der Waals surface area contributed by atoms with Crippen LogP contribution in [0.3, 0.4) is 0 Å². The van der Waals surface area contributed by atoms with Crippen LogP contribution in [0.2, 0.25) is 0 Å². The Bertz CT molecular complexity index is 309. The summed E-state index contributed by atoms with van der Waals surface area (Å²) in [6.07, 6.45) is 0.425. The molecule has 0 amide bonds. The van der Waals surface area contributed by atoms with Crippen LogP contribution >= 0.6 is 15.9 Å². The van der Waals surface area contributed by atoms with Crippen LogP contribution < -0.4 is 0 Å². The van der Waals surface area contributed by atoms with Crippen LogP contribution in [0.4, 0.5) is 0 Å². The van der Waals surface area contributed by atoms with Gasteiger partial charge in [0.1, 0.15) is 5.78 Å². The molecule has 0 unspecified atom stereocenters. The number of rotatable bonds is 2. The van der Waals surface area contributed by atoms with Crippen molar-refractivity contribution in [2.24, 2.45) is 0 Å². The standard InChI is InChI=1S/C9H10BrNO/c1-6(12)5-8-3-4-9(10)7(2)11-8/h3-4H,5H2,1-2H3. The molecule has 64 valence electrons. The third kappa shape index (κ3) is 2.41. The van der Waals surface area contributed by atoms with Gasteiger partial charge in [0.2, 0.25) is 0 Å². The summed E-state index contributed by atoms with van der Waals surface area (Å²) in [5.74, 6) is 0.143. The van der Waals surface area contributed by atoms with E-state index in [1.807, 2.05) is 19.1 Å². The van der Waals surface area contributed by atoms with E-state index in [1.54, 1.807) is 6.92 Å². The molecule has 0 radical (unpaired) electrons. The predicted octanol–water partition coefficient (Wildman–Crippen LogP) is 2.28. The van der Waals surface area contributed by atoms with E-state index in [9.17, 15) is 4.79 Å². The molecule has 3 heteroatoms. The second-order valence-electron chi connectivity index (χ2n) is 2.75. The smallest absolute Gasteiger partial charge is 0.135 e. The van der Waals surface area contributed by atoms with E-state index in [0.29, 0.717) is 6.42 Å². The molecule has 1 aromatic rings. The molecule has 1 rings (SSSR count). The highest BCUT2D eigenvalue weighted by atomic mass is 79.9. The number of aryl methyl sites for hydroxylation is 1. The molecule has 0 N–H and O–H groups in total. The fourth-order valence-corrected chi connectivity index (χ4v) is 1.17. The van der Waals surface area contributed by atoms with E-state index < -0.39 is 0 Å². The Balaban J connectivity index is 2.89. The summed E-state index contributed by atoms with van der Waals surface area (Å²) < 4.78 is 0.981. The summed E-state index contributed by atoms with van der Waals surface area (Å²) in [5, 5.41) is 0. The lowest BCUT2D eigenvalue weighted by Gasteiger charge is -2.00. The molecule has 12 heavy (non-hydrogen) atoms. The quantitative estimate of drug-likeness (QED) is 0.777. The van der Waals surface area contributed by atoms with Gasteiger partial charge in [-0.2, -0.15) is 0 Å². The number of aromatic nitrogens is 1. The first-order valence-corrected chi connectivity index (χ1v) is 4.50. The largest absolute Gasteiger partial charge is 0.300 e. The molecule has 0 saturated heterocycles. The van der Waals surface area contributed by atoms with E-state index in [1.165, 1.54) is 0 Å². The van der Waals surface area contributed by atoms with Gasteiger partial charge in [-0.3, -0.25) is 9.78 Å². The van der Waals surface area contributed by atoms with Crippen LogP contribution in [0.1, 0.15) is 18.3 Å². The van der Waals surface area contributed by atoms with Crippen LogP contribution in [0.5, 0.6) is 0 Å². The fourth-order valence-electron chi connectivity index (χ4n) is 0.950. The van der Waals surface area contributed by atoms with Crippen molar-refractivity contribution in [2.45, 2.75) is 20.3 Å². The maximum Gasteiger partial charge on any atom is 0.135 e. The lowest BCUT2D eigenvalue weighted by atomic mass is 10.2. The molecule has 0 atom stereocenters. The van der Waals surface area contributed by atoms with E-state index in [2.05, 4.69) is 20.9 Å². The third-order valence-corrected chi connectivity index (χ3v) is 2.35. The number of carbonyl (C=O) groups is 1. The first-order valence-electron chi connectivity index (χ1n) is 3.71. The molecule has 0 aliphatic rings. The number of ketones is 1. The molecule has 0 aliphatic carbocycles. The van der Waals surface area contributed by atoms with Crippen LogP contribution in [-0.4, -0.2) is 10.8 Å². The number of halogens is 1. The first-order chi connectivity index (χ1) is 5.59. The average Bonchev–Trinajstić information content (AvgIpc) is 1.96.